The fraction of sp³-hybridized carbons (Fsp3) is 0.357. The number of likely N-dealkylation sites (N-methyl/N-ethyl adjacent to an activating group) is 1. The molecule has 1 unspecified atom stereocenters. The molecular formula is C14H15BrN2O3. The Morgan fingerprint density at radius 2 is 2.15 bits per heavy atom. The van der Waals surface area contributed by atoms with Crippen molar-refractivity contribution in [3.05, 3.63) is 33.8 Å². The van der Waals surface area contributed by atoms with Gasteiger partial charge in [0.15, 0.2) is 0 Å². The van der Waals surface area contributed by atoms with Crippen LogP contribution in [0.15, 0.2) is 22.7 Å². The molecule has 1 aliphatic rings. The van der Waals surface area contributed by atoms with Crippen LogP contribution in [-0.2, 0) is 9.59 Å². The van der Waals surface area contributed by atoms with Crippen molar-refractivity contribution in [2.45, 2.75) is 26.3 Å². The summed E-state index contributed by atoms with van der Waals surface area (Å²) in [5, 5.41) is 2.23. The summed E-state index contributed by atoms with van der Waals surface area (Å²) < 4.78 is 0.800. The van der Waals surface area contributed by atoms with Gasteiger partial charge in [-0.25, -0.2) is 0 Å². The number of carbonyl (C=O) groups excluding carboxylic acids is 3. The van der Waals surface area contributed by atoms with Gasteiger partial charge in [-0.2, -0.15) is 0 Å². The first-order valence-electron chi connectivity index (χ1n) is 6.35. The summed E-state index contributed by atoms with van der Waals surface area (Å²) in [6, 6.07) is 4.72. The van der Waals surface area contributed by atoms with Crippen molar-refractivity contribution in [2.24, 2.45) is 0 Å². The molecule has 1 fully saturated rings. The first kappa shape index (κ1) is 14.7. The van der Waals surface area contributed by atoms with Gasteiger partial charge in [-0.05, 0) is 31.5 Å². The first-order chi connectivity index (χ1) is 9.43. The first-order valence-corrected chi connectivity index (χ1v) is 7.14. The highest BCUT2D eigenvalue weighted by Gasteiger charge is 2.37. The van der Waals surface area contributed by atoms with E-state index in [9.17, 15) is 14.4 Å². The Hall–Kier alpha value is -1.69. The highest BCUT2D eigenvalue weighted by molar-refractivity contribution is 9.10. The maximum absolute atomic E-state index is 12.6. The molecule has 5 nitrogen and oxygen atoms in total. The fourth-order valence-corrected chi connectivity index (χ4v) is 2.64. The molecule has 0 bridgehead atoms. The molecule has 1 aliphatic heterocycles. The second-order valence-electron chi connectivity index (χ2n) is 4.68. The van der Waals surface area contributed by atoms with Crippen molar-refractivity contribution in [3.8, 4) is 0 Å². The molecule has 6 heteroatoms. The molecular weight excluding hydrogens is 324 g/mol. The number of aryl methyl sites for hydroxylation is 1. The standard InChI is InChI=1S/C14H15BrN2O3/c1-3-17(11-7-12(18)16-13(11)19)14(20)10-6-9(15)5-4-8(10)2/h4-6,11H,3,7H2,1-2H3,(H,16,18,19). The average Bonchev–Trinajstić information content (AvgIpc) is 2.72. The van der Waals surface area contributed by atoms with Gasteiger partial charge in [0.1, 0.15) is 6.04 Å². The summed E-state index contributed by atoms with van der Waals surface area (Å²) in [5.74, 6) is -0.976. The Morgan fingerprint density at radius 3 is 2.70 bits per heavy atom. The Bertz CT molecular complexity index is 586. The van der Waals surface area contributed by atoms with E-state index in [4.69, 9.17) is 0 Å². The lowest BCUT2D eigenvalue weighted by molar-refractivity contribution is -0.126. The van der Waals surface area contributed by atoms with E-state index >= 15 is 0 Å². The number of nitrogens with one attached hydrogen (secondary N) is 1. The molecule has 3 amide bonds. The summed E-state index contributed by atoms with van der Waals surface area (Å²) in [4.78, 5) is 37.1. The molecule has 2 rings (SSSR count). The van der Waals surface area contributed by atoms with Gasteiger partial charge in [0.05, 0.1) is 6.42 Å². The van der Waals surface area contributed by atoms with Crippen LogP contribution in [0.1, 0.15) is 29.3 Å². The predicted octanol–water partition coefficient (Wildman–Crippen LogP) is 1.63. The van der Waals surface area contributed by atoms with Crippen LogP contribution in [0.2, 0.25) is 0 Å². The van der Waals surface area contributed by atoms with Gasteiger partial charge in [-0.1, -0.05) is 22.0 Å². The molecule has 0 saturated carbocycles. The fourth-order valence-electron chi connectivity index (χ4n) is 2.28. The largest absolute Gasteiger partial charge is 0.326 e. The maximum Gasteiger partial charge on any atom is 0.254 e. The monoisotopic (exact) mass is 338 g/mol. The minimum absolute atomic E-state index is 0.0332. The number of nitrogens with zero attached hydrogens (tertiary/aromatic N) is 1. The Kier molecular flexibility index (Phi) is 4.23. The van der Waals surface area contributed by atoms with E-state index in [0.29, 0.717) is 12.1 Å². The van der Waals surface area contributed by atoms with Gasteiger partial charge in [0.25, 0.3) is 5.91 Å². The van der Waals surface area contributed by atoms with Crippen LogP contribution in [0, 0.1) is 6.92 Å². The van der Waals surface area contributed by atoms with Crippen LogP contribution in [0.3, 0.4) is 0 Å². The number of imide groups is 1. The Balaban J connectivity index is 2.32. The molecule has 0 aromatic heterocycles. The number of amides is 3. The second-order valence-corrected chi connectivity index (χ2v) is 5.60. The summed E-state index contributed by atoms with van der Waals surface area (Å²) >= 11 is 3.34. The minimum Gasteiger partial charge on any atom is -0.326 e. The van der Waals surface area contributed by atoms with E-state index < -0.39 is 11.9 Å². The van der Waals surface area contributed by atoms with Gasteiger partial charge in [-0.15, -0.1) is 0 Å². The number of benzene rings is 1. The van der Waals surface area contributed by atoms with E-state index in [0.717, 1.165) is 10.0 Å². The number of carbonyl (C=O) groups is 3. The highest BCUT2D eigenvalue weighted by Crippen LogP contribution is 2.20. The lowest BCUT2D eigenvalue weighted by Crippen LogP contribution is -2.44. The molecule has 1 N–H and O–H groups in total. The Labute approximate surface area is 125 Å². The SMILES string of the molecule is CCN(C(=O)c1cc(Br)ccc1C)C1CC(=O)NC1=O. The number of rotatable bonds is 3. The molecule has 0 radical (unpaired) electrons. The van der Waals surface area contributed by atoms with Gasteiger partial charge < -0.3 is 4.90 Å². The molecule has 1 aromatic carbocycles. The zero-order valence-corrected chi connectivity index (χ0v) is 12.9. The highest BCUT2D eigenvalue weighted by atomic mass is 79.9. The van der Waals surface area contributed by atoms with Crippen molar-refractivity contribution >= 4 is 33.7 Å². The van der Waals surface area contributed by atoms with Crippen molar-refractivity contribution in [2.75, 3.05) is 6.54 Å². The Morgan fingerprint density at radius 1 is 1.45 bits per heavy atom. The molecule has 20 heavy (non-hydrogen) atoms. The third kappa shape index (κ3) is 2.75. The number of hydrogen-bond acceptors (Lipinski definition) is 3. The molecule has 106 valence electrons. The maximum atomic E-state index is 12.6. The van der Waals surface area contributed by atoms with E-state index in [-0.39, 0.29) is 18.2 Å². The smallest absolute Gasteiger partial charge is 0.254 e. The summed E-state index contributed by atoms with van der Waals surface area (Å²) in [6.45, 7) is 4.00. The lowest BCUT2D eigenvalue weighted by Gasteiger charge is -2.26. The molecule has 1 atom stereocenters. The lowest BCUT2D eigenvalue weighted by atomic mass is 10.1. The van der Waals surface area contributed by atoms with E-state index in [1.54, 1.807) is 13.0 Å². The molecule has 0 spiro atoms. The third-order valence-corrected chi connectivity index (χ3v) is 3.85. The van der Waals surface area contributed by atoms with Gasteiger partial charge in [-0.3, -0.25) is 19.7 Å². The topological polar surface area (TPSA) is 66.5 Å². The number of hydrogen-bond donors (Lipinski definition) is 1. The molecule has 1 saturated heterocycles. The van der Waals surface area contributed by atoms with E-state index in [2.05, 4.69) is 21.2 Å². The van der Waals surface area contributed by atoms with E-state index in [1.807, 2.05) is 19.1 Å². The van der Waals surface area contributed by atoms with Gasteiger partial charge in [0, 0.05) is 16.6 Å². The zero-order valence-electron chi connectivity index (χ0n) is 11.3. The zero-order chi connectivity index (χ0) is 14.9. The predicted molar refractivity (Wildman–Crippen MR) is 77.1 cm³/mol. The van der Waals surface area contributed by atoms with Crippen LogP contribution in [0.4, 0.5) is 0 Å². The molecule has 1 heterocycles. The van der Waals surface area contributed by atoms with Gasteiger partial charge >= 0.3 is 0 Å². The summed E-state index contributed by atoms with van der Waals surface area (Å²) in [5.41, 5.74) is 1.37. The second kappa shape index (κ2) is 5.75. The van der Waals surface area contributed by atoms with E-state index in [1.165, 1.54) is 4.90 Å². The van der Waals surface area contributed by atoms with Crippen molar-refractivity contribution < 1.29 is 14.4 Å². The van der Waals surface area contributed by atoms with Crippen molar-refractivity contribution in [1.82, 2.24) is 10.2 Å². The average molecular weight is 339 g/mol. The van der Waals surface area contributed by atoms with Crippen LogP contribution in [-0.4, -0.2) is 35.2 Å². The number of halogens is 1. The third-order valence-electron chi connectivity index (χ3n) is 3.35. The molecule has 0 aliphatic carbocycles. The van der Waals surface area contributed by atoms with Crippen LogP contribution < -0.4 is 5.32 Å². The van der Waals surface area contributed by atoms with Crippen molar-refractivity contribution in [1.29, 1.82) is 0 Å². The van der Waals surface area contributed by atoms with Crippen molar-refractivity contribution in [3.63, 3.8) is 0 Å². The minimum atomic E-state index is -0.710. The summed E-state index contributed by atoms with van der Waals surface area (Å²) in [6.07, 6.45) is 0.0332. The van der Waals surface area contributed by atoms with Gasteiger partial charge in [0.2, 0.25) is 11.8 Å². The van der Waals surface area contributed by atoms with Crippen LogP contribution >= 0.6 is 15.9 Å². The normalized spacial score (nSPS) is 18.1. The van der Waals surface area contributed by atoms with Crippen LogP contribution in [0.25, 0.3) is 0 Å². The van der Waals surface area contributed by atoms with Crippen LogP contribution in [0.5, 0.6) is 0 Å². The summed E-state index contributed by atoms with van der Waals surface area (Å²) in [7, 11) is 0. The quantitative estimate of drug-likeness (QED) is 0.852. The molecule has 1 aromatic rings.